The van der Waals surface area contributed by atoms with Crippen LogP contribution in [-0.4, -0.2) is 60.8 Å². The summed E-state index contributed by atoms with van der Waals surface area (Å²) in [4.78, 5) is 22.7. The Balaban J connectivity index is 1.25. The number of carboxylic acid groups (broad SMARTS) is 2. The van der Waals surface area contributed by atoms with Gasteiger partial charge >= 0.3 is 11.9 Å². The Labute approximate surface area is 294 Å². The van der Waals surface area contributed by atoms with Crippen LogP contribution >= 0.6 is 0 Å². The van der Waals surface area contributed by atoms with Gasteiger partial charge in [-0.3, -0.25) is 0 Å². The molecule has 4 aromatic carbocycles. The van der Waals surface area contributed by atoms with E-state index >= 15 is 0 Å². The van der Waals surface area contributed by atoms with Crippen molar-refractivity contribution < 1.29 is 38.7 Å². The van der Waals surface area contributed by atoms with Gasteiger partial charge in [0, 0.05) is 26.1 Å². The number of carbonyl (C=O) groups is 2. The lowest BCUT2D eigenvalue weighted by Gasteiger charge is -2.12. The molecule has 0 radical (unpaired) electrons. The second-order valence-corrected chi connectivity index (χ2v) is 11.8. The van der Waals surface area contributed by atoms with E-state index in [1.807, 2.05) is 60.7 Å². The molecular formula is C42H46O8. The molecule has 0 heterocycles. The lowest BCUT2D eigenvalue weighted by Crippen LogP contribution is -2.26. The predicted octanol–water partition coefficient (Wildman–Crippen LogP) is 8.38. The van der Waals surface area contributed by atoms with Crippen LogP contribution in [0, 0.1) is 0 Å². The summed E-state index contributed by atoms with van der Waals surface area (Å²) < 4.78 is 22.4. The molecule has 4 rings (SSSR count). The molecule has 2 N–H and O–H groups in total. The number of benzene rings is 4. The summed E-state index contributed by atoms with van der Waals surface area (Å²) in [6.07, 6.45) is 3.00. The minimum Gasteiger partial charge on any atom is -0.490 e. The minimum absolute atomic E-state index is 0.309. The Kier molecular flexibility index (Phi) is 14.4. The van der Waals surface area contributed by atoms with Crippen molar-refractivity contribution in [1.29, 1.82) is 0 Å². The zero-order valence-electron chi connectivity index (χ0n) is 29.1. The molecule has 0 aliphatic rings. The van der Waals surface area contributed by atoms with Gasteiger partial charge in [-0.05, 0) is 109 Å². The highest BCUT2D eigenvalue weighted by Crippen LogP contribution is 2.25. The van der Waals surface area contributed by atoms with Crippen molar-refractivity contribution in [3.8, 4) is 22.6 Å². The third kappa shape index (κ3) is 11.5. The minimum atomic E-state index is -0.962. The summed E-state index contributed by atoms with van der Waals surface area (Å²) in [6.45, 7) is 9.23. The van der Waals surface area contributed by atoms with E-state index in [-0.39, 0.29) is 0 Å². The van der Waals surface area contributed by atoms with Crippen LogP contribution in [0.2, 0.25) is 0 Å². The summed E-state index contributed by atoms with van der Waals surface area (Å²) in [5.74, 6) is -0.489. The second-order valence-electron chi connectivity index (χ2n) is 11.8. The van der Waals surface area contributed by atoms with E-state index in [1.54, 1.807) is 13.8 Å². The number of rotatable bonds is 19. The number of ether oxygens (including phenoxy) is 4. The van der Waals surface area contributed by atoms with E-state index in [0.29, 0.717) is 39.3 Å². The Morgan fingerprint density at radius 3 is 1.20 bits per heavy atom. The van der Waals surface area contributed by atoms with Gasteiger partial charge in [0.1, 0.15) is 24.7 Å². The zero-order valence-corrected chi connectivity index (χ0v) is 29.1. The molecule has 0 aliphatic carbocycles. The van der Waals surface area contributed by atoms with Crippen molar-refractivity contribution in [2.75, 3.05) is 26.4 Å². The van der Waals surface area contributed by atoms with Crippen molar-refractivity contribution in [3.63, 3.8) is 0 Å². The van der Waals surface area contributed by atoms with Crippen LogP contribution in [0.5, 0.6) is 11.5 Å². The van der Waals surface area contributed by atoms with Crippen LogP contribution in [0.25, 0.3) is 22.3 Å². The van der Waals surface area contributed by atoms with Gasteiger partial charge < -0.3 is 29.2 Å². The third-order valence-corrected chi connectivity index (χ3v) is 8.27. The van der Waals surface area contributed by atoms with Crippen LogP contribution in [0.3, 0.4) is 0 Å². The molecule has 0 fully saturated rings. The van der Waals surface area contributed by atoms with Gasteiger partial charge in [0.2, 0.25) is 0 Å². The normalized spacial score (nSPS) is 13.0. The highest BCUT2D eigenvalue weighted by atomic mass is 16.5. The van der Waals surface area contributed by atoms with Crippen LogP contribution in [0.1, 0.15) is 49.9 Å². The number of allylic oxidation sites excluding steroid dienone is 2. The van der Waals surface area contributed by atoms with Gasteiger partial charge in [0.15, 0.2) is 12.2 Å². The topological polar surface area (TPSA) is 112 Å². The molecule has 0 aliphatic heterocycles. The molecule has 2 atom stereocenters. The summed E-state index contributed by atoms with van der Waals surface area (Å²) in [6, 6.07) is 31.8. The standard InChI is InChI=1S/C42H46O8/c1-5-47-39(41(43)44)27-31-7-19-37(20-8-31)49-25-23-29(3)33-11-15-35(16-12-33)36-17-13-34(14-18-36)30(4)24-26-50-38-21-9-32(10-22-38)28-40(42(45)46)48-6-2/h7-24,39-40H,5-6,25-28H2,1-4H3,(H,43,44)(H,45,46)/b29-23+,30-24+/t39-,40+. The van der Waals surface area contributed by atoms with Gasteiger partial charge in [-0.25, -0.2) is 9.59 Å². The molecule has 8 heteroatoms. The van der Waals surface area contributed by atoms with E-state index in [9.17, 15) is 19.8 Å². The van der Waals surface area contributed by atoms with E-state index in [2.05, 4.69) is 62.4 Å². The van der Waals surface area contributed by atoms with Gasteiger partial charge in [0.05, 0.1) is 0 Å². The fourth-order valence-corrected chi connectivity index (χ4v) is 5.32. The Bertz CT molecular complexity index is 1590. The first-order chi connectivity index (χ1) is 24.2. The lowest BCUT2D eigenvalue weighted by molar-refractivity contribution is -0.150. The smallest absolute Gasteiger partial charge is 0.333 e. The van der Waals surface area contributed by atoms with Crippen LogP contribution in [-0.2, 0) is 31.9 Å². The van der Waals surface area contributed by atoms with Crippen LogP contribution in [0.15, 0.2) is 109 Å². The maximum Gasteiger partial charge on any atom is 0.333 e. The highest BCUT2D eigenvalue weighted by molar-refractivity contribution is 5.74. The summed E-state index contributed by atoms with van der Waals surface area (Å²) in [5, 5.41) is 18.6. The van der Waals surface area contributed by atoms with Gasteiger partial charge in [-0.15, -0.1) is 0 Å². The first kappa shape index (κ1) is 37.6. The average Bonchev–Trinajstić information content (AvgIpc) is 3.12. The Morgan fingerprint density at radius 1 is 0.560 bits per heavy atom. The third-order valence-electron chi connectivity index (χ3n) is 8.27. The molecule has 8 nitrogen and oxygen atoms in total. The van der Waals surface area contributed by atoms with Crippen molar-refractivity contribution in [2.24, 2.45) is 0 Å². The number of aliphatic carboxylic acids is 2. The molecule has 0 aromatic heterocycles. The van der Waals surface area contributed by atoms with E-state index in [0.717, 1.165) is 56.0 Å². The monoisotopic (exact) mass is 678 g/mol. The quantitative estimate of drug-likeness (QED) is 0.102. The Morgan fingerprint density at radius 2 is 0.900 bits per heavy atom. The van der Waals surface area contributed by atoms with Crippen molar-refractivity contribution in [3.05, 3.63) is 131 Å². The molecule has 4 aromatic rings. The van der Waals surface area contributed by atoms with Crippen molar-refractivity contribution >= 4 is 23.1 Å². The summed E-state index contributed by atoms with van der Waals surface area (Å²) in [5.41, 5.74) is 8.46. The number of carboxylic acids is 2. The molecule has 0 bridgehead atoms. The van der Waals surface area contributed by atoms with E-state index < -0.39 is 24.1 Å². The van der Waals surface area contributed by atoms with Crippen molar-refractivity contribution in [2.45, 2.75) is 52.7 Å². The first-order valence-electron chi connectivity index (χ1n) is 16.8. The lowest BCUT2D eigenvalue weighted by atomic mass is 9.98. The molecule has 0 amide bonds. The van der Waals surface area contributed by atoms with Gasteiger partial charge in [-0.2, -0.15) is 0 Å². The van der Waals surface area contributed by atoms with Crippen molar-refractivity contribution in [1.82, 2.24) is 0 Å². The Hall–Kier alpha value is -5.18. The molecular weight excluding hydrogens is 632 g/mol. The maximum absolute atomic E-state index is 11.3. The molecule has 0 saturated carbocycles. The second kappa shape index (κ2) is 19.1. The van der Waals surface area contributed by atoms with Crippen LogP contribution in [0.4, 0.5) is 0 Å². The predicted molar refractivity (Wildman–Crippen MR) is 197 cm³/mol. The fraction of sp³-hybridized carbons (Fsp3) is 0.286. The SMILES string of the molecule is CCO[C@@H](Cc1ccc(OC/C=C(\C)c2ccc(-c3ccc(/C(C)=C/COc4ccc(C[C@@H](OCC)C(=O)O)cc4)cc3)cc2)cc1)C(=O)O. The first-order valence-corrected chi connectivity index (χ1v) is 16.8. The van der Waals surface area contributed by atoms with E-state index in [4.69, 9.17) is 18.9 Å². The van der Waals surface area contributed by atoms with Crippen LogP contribution < -0.4 is 9.47 Å². The average molecular weight is 679 g/mol. The summed E-state index contributed by atoms with van der Waals surface area (Å²) in [7, 11) is 0. The van der Waals surface area contributed by atoms with Gasteiger partial charge in [0.25, 0.3) is 0 Å². The molecule has 262 valence electrons. The largest absolute Gasteiger partial charge is 0.490 e. The molecule has 0 spiro atoms. The van der Waals surface area contributed by atoms with E-state index in [1.165, 1.54) is 0 Å². The molecule has 0 saturated heterocycles. The summed E-state index contributed by atoms with van der Waals surface area (Å²) >= 11 is 0. The fourth-order valence-electron chi connectivity index (χ4n) is 5.32. The molecule has 50 heavy (non-hydrogen) atoms. The maximum atomic E-state index is 11.3. The molecule has 0 unspecified atom stereocenters. The highest BCUT2D eigenvalue weighted by Gasteiger charge is 2.18. The zero-order chi connectivity index (χ0) is 35.9. The number of hydrogen-bond acceptors (Lipinski definition) is 6. The number of hydrogen-bond donors (Lipinski definition) is 2. The van der Waals surface area contributed by atoms with Gasteiger partial charge in [-0.1, -0.05) is 72.8 Å².